The summed E-state index contributed by atoms with van der Waals surface area (Å²) >= 11 is 0. The van der Waals surface area contributed by atoms with Crippen molar-refractivity contribution in [2.24, 2.45) is 0 Å². The Labute approximate surface area is 122 Å². The van der Waals surface area contributed by atoms with E-state index in [4.69, 9.17) is 4.42 Å². The summed E-state index contributed by atoms with van der Waals surface area (Å²) in [6.45, 7) is 4.65. The zero-order valence-electron chi connectivity index (χ0n) is 12.2. The molecule has 1 aliphatic heterocycles. The zero-order chi connectivity index (χ0) is 15.0. The Kier molecular flexibility index (Phi) is 3.41. The number of amides is 2. The molecular formula is C16H18N2O3. The Hall–Kier alpha value is -2.30. The number of fused-ring (bicyclic) bond motifs is 1. The Morgan fingerprint density at radius 3 is 2.95 bits per heavy atom. The van der Waals surface area contributed by atoms with Crippen molar-refractivity contribution in [2.75, 3.05) is 6.54 Å². The highest BCUT2D eigenvalue weighted by atomic mass is 16.3. The van der Waals surface area contributed by atoms with Gasteiger partial charge in [0.15, 0.2) is 0 Å². The lowest BCUT2D eigenvalue weighted by molar-refractivity contribution is -0.127. The molecule has 1 fully saturated rings. The van der Waals surface area contributed by atoms with Gasteiger partial charge in [0.2, 0.25) is 11.8 Å². The third-order valence-electron chi connectivity index (χ3n) is 3.83. The third-order valence-corrected chi connectivity index (χ3v) is 3.83. The Morgan fingerprint density at radius 1 is 1.43 bits per heavy atom. The second-order valence-corrected chi connectivity index (χ2v) is 5.59. The molecular weight excluding hydrogens is 268 g/mol. The summed E-state index contributed by atoms with van der Waals surface area (Å²) in [5.41, 5.74) is 3.89. The van der Waals surface area contributed by atoms with Crippen LogP contribution in [0.15, 0.2) is 22.8 Å². The van der Waals surface area contributed by atoms with Crippen molar-refractivity contribution in [3.63, 3.8) is 0 Å². The van der Waals surface area contributed by atoms with Crippen molar-refractivity contribution in [1.82, 2.24) is 10.6 Å². The van der Waals surface area contributed by atoms with Gasteiger partial charge in [-0.05, 0) is 37.5 Å². The van der Waals surface area contributed by atoms with Crippen LogP contribution in [0.2, 0.25) is 0 Å². The first kappa shape index (κ1) is 13.7. The van der Waals surface area contributed by atoms with Gasteiger partial charge >= 0.3 is 0 Å². The first-order chi connectivity index (χ1) is 10.0. The highest BCUT2D eigenvalue weighted by molar-refractivity contribution is 5.93. The minimum absolute atomic E-state index is 0.104. The van der Waals surface area contributed by atoms with Crippen molar-refractivity contribution in [3.8, 4) is 0 Å². The molecule has 2 heterocycles. The van der Waals surface area contributed by atoms with Gasteiger partial charge in [0, 0.05) is 17.5 Å². The van der Waals surface area contributed by atoms with E-state index in [9.17, 15) is 9.59 Å². The van der Waals surface area contributed by atoms with E-state index in [0.717, 1.165) is 27.7 Å². The predicted molar refractivity (Wildman–Crippen MR) is 78.9 cm³/mol. The van der Waals surface area contributed by atoms with Crippen LogP contribution in [-0.2, 0) is 16.0 Å². The summed E-state index contributed by atoms with van der Waals surface area (Å²) in [7, 11) is 0. The monoisotopic (exact) mass is 286 g/mol. The average molecular weight is 286 g/mol. The summed E-state index contributed by atoms with van der Waals surface area (Å²) in [6, 6.07) is 3.64. The van der Waals surface area contributed by atoms with Crippen LogP contribution in [-0.4, -0.2) is 24.4 Å². The lowest BCUT2D eigenvalue weighted by Crippen LogP contribution is -2.40. The SMILES string of the molecule is Cc1cc(C)c2c(CC(=O)N[C@@H]3CCNC3=O)coc2c1. The molecule has 5 nitrogen and oxygen atoms in total. The van der Waals surface area contributed by atoms with Crippen LogP contribution in [0, 0.1) is 13.8 Å². The molecule has 5 heteroatoms. The highest BCUT2D eigenvalue weighted by Crippen LogP contribution is 2.26. The molecule has 2 aromatic rings. The molecule has 1 saturated heterocycles. The molecule has 110 valence electrons. The minimum atomic E-state index is -0.404. The van der Waals surface area contributed by atoms with Crippen LogP contribution in [0.1, 0.15) is 23.1 Å². The van der Waals surface area contributed by atoms with Gasteiger partial charge in [0.1, 0.15) is 11.6 Å². The first-order valence-corrected chi connectivity index (χ1v) is 7.09. The van der Waals surface area contributed by atoms with Crippen molar-refractivity contribution >= 4 is 22.8 Å². The largest absolute Gasteiger partial charge is 0.464 e. The molecule has 0 spiro atoms. The summed E-state index contributed by atoms with van der Waals surface area (Å²) in [6.07, 6.45) is 2.50. The van der Waals surface area contributed by atoms with E-state index in [1.807, 2.05) is 19.9 Å². The second kappa shape index (κ2) is 5.24. The molecule has 0 saturated carbocycles. The topological polar surface area (TPSA) is 71.3 Å². The first-order valence-electron chi connectivity index (χ1n) is 7.09. The normalized spacial score (nSPS) is 18.0. The molecule has 0 radical (unpaired) electrons. The van der Waals surface area contributed by atoms with E-state index in [1.54, 1.807) is 6.26 Å². The number of furan rings is 1. The molecule has 0 unspecified atom stereocenters. The maximum atomic E-state index is 12.1. The van der Waals surface area contributed by atoms with Gasteiger partial charge in [-0.15, -0.1) is 0 Å². The molecule has 21 heavy (non-hydrogen) atoms. The van der Waals surface area contributed by atoms with Gasteiger partial charge in [-0.1, -0.05) is 6.07 Å². The van der Waals surface area contributed by atoms with Gasteiger partial charge in [-0.3, -0.25) is 9.59 Å². The summed E-state index contributed by atoms with van der Waals surface area (Å²) < 4.78 is 5.54. The number of aryl methyl sites for hydroxylation is 2. The van der Waals surface area contributed by atoms with E-state index in [-0.39, 0.29) is 18.2 Å². The lowest BCUT2D eigenvalue weighted by atomic mass is 10.0. The van der Waals surface area contributed by atoms with Gasteiger partial charge < -0.3 is 15.1 Å². The zero-order valence-corrected chi connectivity index (χ0v) is 12.2. The van der Waals surface area contributed by atoms with Crippen LogP contribution in [0.5, 0.6) is 0 Å². The lowest BCUT2D eigenvalue weighted by Gasteiger charge is -2.09. The standard InChI is InChI=1S/C16H18N2O3/c1-9-5-10(2)15-11(8-21-13(15)6-9)7-14(19)18-12-3-4-17-16(12)20/h5-6,8,12H,3-4,7H2,1-2H3,(H,17,20)(H,18,19)/t12-/m1/s1. The minimum Gasteiger partial charge on any atom is -0.464 e. The fraction of sp³-hybridized carbons (Fsp3) is 0.375. The van der Waals surface area contributed by atoms with E-state index >= 15 is 0 Å². The van der Waals surface area contributed by atoms with Gasteiger partial charge in [-0.25, -0.2) is 0 Å². The van der Waals surface area contributed by atoms with Crippen LogP contribution >= 0.6 is 0 Å². The van der Waals surface area contributed by atoms with E-state index in [2.05, 4.69) is 16.7 Å². The number of nitrogens with one attached hydrogen (secondary N) is 2. The molecule has 1 aromatic carbocycles. The van der Waals surface area contributed by atoms with Gasteiger partial charge in [0.05, 0.1) is 12.7 Å². The Balaban J connectivity index is 1.78. The van der Waals surface area contributed by atoms with Crippen molar-refractivity contribution in [2.45, 2.75) is 32.7 Å². The molecule has 1 atom stereocenters. The van der Waals surface area contributed by atoms with Crippen LogP contribution in [0.3, 0.4) is 0 Å². The van der Waals surface area contributed by atoms with E-state index in [0.29, 0.717) is 13.0 Å². The number of hydrogen-bond donors (Lipinski definition) is 2. The maximum Gasteiger partial charge on any atom is 0.242 e. The quantitative estimate of drug-likeness (QED) is 0.900. The van der Waals surface area contributed by atoms with Crippen molar-refractivity contribution < 1.29 is 14.0 Å². The van der Waals surface area contributed by atoms with Crippen LogP contribution < -0.4 is 10.6 Å². The molecule has 0 aliphatic carbocycles. The number of hydrogen-bond acceptors (Lipinski definition) is 3. The molecule has 3 rings (SSSR count). The average Bonchev–Trinajstić information content (AvgIpc) is 2.97. The summed E-state index contributed by atoms with van der Waals surface area (Å²) in [5, 5.41) is 6.47. The van der Waals surface area contributed by atoms with E-state index in [1.165, 1.54) is 0 Å². The highest BCUT2D eigenvalue weighted by Gasteiger charge is 2.25. The Bertz CT molecular complexity index is 718. The van der Waals surface area contributed by atoms with Crippen LogP contribution in [0.25, 0.3) is 11.0 Å². The number of carbonyl (C=O) groups excluding carboxylic acids is 2. The van der Waals surface area contributed by atoms with Gasteiger partial charge in [0.25, 0.3) is 0 Å². The van der Waals surface area contributed by atoms with E-state index < -0.39 is 6.04 Å². The second-order valence-electron chi connectivity index (χ2n) is 5.59. The number of rotatable bonds is 3. The molecule has 1 aliphatic rings. The molecule has 0 bridgehead atoms. The van der Waals surface area contributed by atoms with Gasteiger partial charge in [-0.2, -0.15) is 0 Å². The van der Waals surface area contributed by atoms with Crippen molar-refractivity contribution in [1.29, 1.82) is 0 Å². The van der Waals surface area contributed by atoms with Crippen LogP contribution in [0.4, 0.5) is 0 Å². The number of carbonyl (C=O) groups is 2. The fourth-order valence-corrected chi connectivity index (χ4v) is 2.91. The smallest absolute Gasteiger partial charge is 0.242 e. The summed E-state index contributed by atoms with van der Waals surface area (Å²) in [4.78, 5) is 23.6. The maximum absolute atomic E-state index is 12.1. The molecule has 2 N–H and O–H groups in total. The third kappa shape index (κ3) is 2.63. The summed E-state index contributed by atoms with van der Waals surface area (Å²) in [5.74, 6) is -0.257. The predicted octanol–water partition coefficient (Wildman–Crippen LogP) is 1.60. The fourth-order valence-electron chi connectivity index (χ4n) is 2.91. The molecule has 2 amide bonds. The Morgan fingerprint density at radius 2 is 2.24 bits per heavy atom. The molecule has 1 aromatic heterocycles. The van der Waals surface area contributed by atoms with Crippen molar-refractivity contribution in [3.05, 3.63) is 35.1 Å². The number of benzene rings is 1.